The predicted molar refractivity (Wildman–Crippen MR) is 86.7 cm³/mol. The molecule has 0 aliphatic heterocycles. The summed E-state index contributed by atoms with van der Waals surface area (Å²) in [5, 5.41) is 26.5. The minimum absolute atomic E-state index is 0.00725. The first-order chi connectivity index (χ1) is 11.5. The Labute approximate surface area is 141 Å². The number of carboxylic acid groups (broad SMARTS) is 1. The molecule has 0 radical (unpaired) electrons. The second-order valence-electron chi connectivity index (χ2n) is 5.30. The van der Waals surface area contributed by atoms with Crippen LogP contribution in [0.1, 0.15) is 18.5 Å². The Kier molecular flexibility index (Phi) is 4.30. The highest BCUT2D eigenvalue weighted by molar-refractivity contribution is 6.31. The summed E-state index contributed by atoms with van der Waals surface area (Å²) in [6.07, 6.45) is 0.737. The number of halogens is 1. The predicted octanol–water partition coefficient (Wildman–Crippen LogP) is 1.87. The van der Waals surface area contributed by atoms with E-state index in [4.69, 9.17) is 16.7 Å². The number of hydrogen-bond acceptors (Lipinski definition) is 6. The highest BCUT2D eigenvalue weighted by atomic mass is 35.5. The van der Waals surface area contributed by atoms with Crippen LogP contribution in [0.2, 0.25) is 5.02 Å². The van der Waals surface area contributed by atoms with Crippen LogP contribution in [0.25, 0.3) is 22.2 Å². The number of carbonyl (C=O) groups is 1. The minimum Gasteiger partial charge on any atom is -0.481 e. The number of fused-ring (bicyclic) bond motifs is 2. The van der Waals surface area contributed by atoms with Gasteiger partial charge in [0, 0.05) is 18.5 Å². The summed E-state index contributed by atoms with van der Waals surface area (Å²) < 4.78 is 1.54. The molecular formula is C15H14ClN5O3. The van der Waals surface area contributed by atoms with Gasteiger partial charge in [0.05, 0.1) is 16.7 Å². The number of hydrogen-bond donors (Lipinski definition) is 2. The average molecular weight is 348 g/mol. The molecule has 0 bridgehead atoms. The van der Waals surface area contributed by atoms with Gasteiger partial charge in [-0.05, 0) is 31.0 Å². The first kappa shape index (κ1) is 16.1. The zero-order valence-electron chi connectivity index (χ0n) is 12.8. The van der Waals surface area contributed by atoms with Gasteiger partial charge < -0.3 is 10.3 Å². The molecule has 2 heterocycles. The Bertz CT molecular complexity index is 1020. The number of aromatic nitrogens is 4. The summed E-state index contributed by atoms with van der Waals surface area (Å²) in [5.41, 5.74) is 2.52. The van der Waals surface area contributed by atoms with Crippen molar-refractivity contribution in [2.75, 3.05) is 0 Å². The third-order valence-electron chi connectivity index (χ3n) is 3.59. The van der Waals surface area contributed by atoms with E-state index in [2.05, 4.69) is 20.2 Å². The van der Waals surface area contributed by atoms with Crippen LogP contribution in [0.3, 0.4) is 0 Å². The highest BCUT2D eigenvalue weighted by Gasteiger charge is 2.13. The van der Waals surface area contributed by atoms with E-state index < -0.39 is 5.97 Å². The molecule has 0 saturated heterocycles. The lowest BCUT2D eigenvalue weighted by Crippen LogP contribution is -2.21. The van der Waals surface area contributed by atoms with Gasteiger partial charge in [-0.25, -0.2) is 14.6 Å². The molecule has 0 spiro atoms. The van der Waals surface area contributed by atoms with Gasteiger partial charge >= 0.3 is 5.97 Å². The van der Waals surface area contributed by atoms with E-state index in [9.17, 15) is 10.0 Å². The quantitative estimate of drug-likeness (QED) is 0.423. The summed E-state index contributed by atoms with van der Waals surface area (Å²) >= 11 is 5.99. The molecule has 24 heavy (non-hydrogen) atoms. The smallest absolute Gasteiger partial charge is 0.303 e. The molecule has 8 nitrogen and oxygen atoms in total. The van der Waals surface area contributed by atoms with Crippen molar-refractivity contribution in [2.45, 2.75) is 19.3 Å². The second-order valence-corrected chi connectivity index (χ2v) is 5.73. The molecule has 2 aromatic heterocycles. The van der Waals surface area contributed by atoms with E-state index in [1.165, 1.54) is 0 Å². The first-order valence-corrected chi connectivity index (χ1v) is 7.60. The number of nitrogens with zero attached hydrogens (tertiary/aromatic N) is 5. The first-order valence-electron chi connectivity index (χ1n) is 7.22. The number of benzene rings is 1. The summed E-state index contributed by atoms with van der Waals surface area (Å²) in [6, 6.07) is 5.14. The largest absolute Gasteiger partial charge is 0.481 e. The van der Waals surface area contributed by atoms with Gasteiger partial charge in [-0.3, -0.25) is 4.79 Å². The second kappa shape index (κ2) is 6.40. The lowest BCUT2D eigenvalue weighted by molar-refractivity contribution is -0.137. The van der Waals surface area contributed by atoms with Gasteiger partial charge in [0.15, 0.2) is 11.0 Å². The van der Waals surface area contributed by atoms with Crippen molar-refractivity contribution in [3.8, 4) is 0 Å². The van der Waals surface area contributed by atoms with Crippen molar-refractivity contribution in [3.63, 3.8) is 0 Å². The van der Waals surface area contributed by atoms with Crippen molar-refractivity contribution in [1.82, 2.24) is 19.7 Å². The number of aliphatic carboxylic acids is 1. The van der Waals surface area contributed by atoms with Gasteiger partial charge in [0.25, 0.3) is 0 Å². The SMILES string of the molecule is Cn1nc(CCCC(=O)O)/c(=N/O)c2nc3cc(Cl)ccc3nc21. The van der Waals surface area contributed by atoms with Gasteiger partial charge in [-0.2, -0.15) is 5.10 Å². The molecule has 0 amide bonds. The van der Waals surface area contributed by atoms with Crippen molar-refractivity contribution in [2.24, 2.45) is 12.2 Å². The van der Waals surface area contributed by atoms with Crippen LogP contribution in [0.4, 0.5) is 0 Å². The van der Waals surface area contributed by atoms with Crippen molar-refractivity contribution in [1.29, 1.82) is 0 Å². The molecule has 1 aromatic carbocycles. The third kappa shape index (κ3) is 3.00. The molecular weight excluding hydrogens is 334 g/mol. The van der Waals surface area contributed by atoms with Gasteiger partial charge in [-0.1, -0.05) is 16.8 Å². The standard InChI is InChI=1S/C15H14ClN5O3/c1-21-15-14(17-11-7-8(16)5-6-9(11)18-15)13(20-24)10(19-21)3-2-4-12(22)23/h5-7,24H,2-4H2,1H3,(H,22,23)/b20-13-. The molecule has 2 N–H and O–H groups in total. The maximum absolute atomic E-state index is 10.7. The Balaban J connectivity index is 2.21. The molecule has 124 valence electrons. The molecule has 0 fully saturated rings. The van der Waals surface area contributed by atoms with Crippen LogP contribution >= 0.6 is 11.6 Å². The minimum atomic E-state index is -0.886. The van der Waals surface area contributed by atoms with Crippen LogP contribution in [0.5, 0.6) is 0 Å². The van der Waals surface area contributed by atoms with Crippen molar-refractivity contribution in [3.05, 3.63) is 34.3 Å². The van der Waals surface area contributed by atoms with Crippen molar-refractivity contribution < 1.29 is 15.1 Å². The van der Waals surface area contributed by atoms with Crippen molar-refractivity contribution >= 4 is 39.8 Å². The van der Waals surface area contributed by atoms with Crippen LogP contribution in [0, 0.1) is 0 Å². The van der Waals surface area contributed by atoms with Crippen LogP contribution in [-0.2, 0) is 18.3 Å². The molecule has 0 atom stereocenters. The fraction of sp³-hybridized carbons (Fsp3) is 0.267. The van der Waals surface area contributed by atoms with E-state index in [-0.39, 0.29) is 11.8 Å². The van der Waals surface area contributed by atoms with E-state index in [1.807, 2.05) is 0 Å². The molecule has 0 unspecified atom stereocenters. The zero-order valence-corrected chi connectivity index (χ0v) is 13.5. The normalized spacial score (nSPS) is 12.2. The summed E-state index contributed by atoms with van der Waals surface area (Å²) in [6.45, 7) is 0. The number of rotatable bonds is 4. The molecule has 0 aliphatic rings. The third-order valence-corrected chi connectivity index (χ3v) is 3.82. The lowest BCUT2D eigenvalue weighted by atomic mass is 10.1. The molecule has 3 rings (SSSR count). The fourth-order valence-electron chi connectivity index (χ4n) is 2.50. The van der Waals surface area contributed by atoms with Crippen LogP contribution < -0.4 is 5.36 Å². The van der Waals surface area contributed by atoms with Gasteiger partial charge in [0.2, 0.25) is 0 Å². The Morgan fingerprint density at radius 1 is 1.33 bits per heavy atom. The molecule has 3 aromatic rings. The Morgan fingerprint density at radius 3 is 2.83 bits per heavy atom. The summed E-state index contributed by atoms with van der Waals surface area (Å²) in [7, 11) is 1.71. The van der Waals surface area contributed by atoms with E-state index >= 15 is 0 Å². The number of carboxylic acids is 1. The van der Waals surface area contributed by atoms with E-state index in [0.717, 1.165) is 0 Å². The van der Waals surface area contributed by atoms with E-state index in [1.54, 1.807) is 29.9 Å². The van der Waals surface area contributed by atoms with Gasteiger partial charge in [0.1, 0.15) is 5.52 Å². The topological polar surface area (TPSA) is 113 Å². The molecule has 9 heteroatoms. The summed E-state index contributed by atoms with van der Waals surface area (Å²) in [5.74, 6) is -0.886. The lowest BCUT2D eigenvalue weighted by Gasteiger charge is -2.09. The highest BCUT2D eigenvalue weighted by Crippen LogP contribution is 2.18. The fourth-order valence-corrected chi connectivity index (χ4v) is 2.66. The molecule has 0 saturated carbocycles. The zero-order chi connectivity index (χ0) is 17.3. The summed E-state index contributed by atoms with van der Waals surface area (Å²) in [4.78, 5) is 19.7. The monoisotopic (exact) mass is 347 g/mol. The Morgan fingerprint density at radius 2 is 2.12 bits per heavy atom. The van der Waals surface area contributed by atoms with E-state index in [0.29, 0.717) is 45.8 Å². The van der Waals surface area contributed by atoms with Gasteiger partial charge in [-0.15, -0.1) is 0 Å². The van der Waals surface area contributed by atoms with Crippen LogP contribution in [0.15, 0.2) is 23.4 Å². The van der Waals surface area contributed by atoms with Crippen LogP contribution in [-0.4, -0.2) is 36.0 Å². The average Bonchev–Trinajstić information content (AvgIpc) is 2.53. The number of aryl methyl sites for hydroxylation is 2. The maximum Gasteiger partial charge on any atom is 0.303 e. The maximum atomic E-state index is 10.7. The molecule has 0 aliphatic carbocycles. The Hall–Kier alpha value is -2.74.